The van der Waals surface area contributed by atoms with Crippen LogP contribution in [-0.2, 0) is 20.9 Å². The fourth-order valence-electron chi connectivity index (χ4n) is 2.70. The molecule has 0 N–H and O–H groups in total. The van der Waals surface area contributed by atoms with Crippen molar-refractivity contribution in [2.24, 2.45) is 0 Å². The molecular weight excluding hydrogens is 513 g/mol. The minimum atomic E-state index is -0.520. The van der Waals surface area contributed by atoms with E-state index in [2.05, 4.69) is 15.9 Å². The number of nitrogens with zero attached hydrogens (tertiary/aromatic N) is 1. The molecule has 0 unspecified atom stereocenters. The standard InChI is InChI=1S/C21H16BrClFNO5S/c1-2-29-19(26)11-30-17-6-4-14(22)7-13(17)8-18-20(27)25(21(28)31-18)10-12-3-5-15(24)9-16(12)23/h3-9H,2,10-11H2,1H3/b18-8+. The van der Waals surface area contributed by atoms with Gasteiger partial charge in [0.1, 0.15) is 11.6 Å². The number of hydrogen-bond donors (Lipinski definition) is 0. The molecule has 1 saturated heterocycles. The molecule has 2 aromatic rings. The van der Waals surface area contributed by atoms with E-state index in [9.17, 15) is 18.8 Å². The minimum absolute atomic E-state index is 0.0776. The lowest BCUT2D eigenvalue weighted by molar-refractivity contribution is -0.145. The Morgan fingerprint density at radius 3 is 2.74 bits per heavy atom. The van der Waals surface area contributed by atoms with Crippen LogP contribution in [0.4, 0.5) is 9.18 Å². The molecule has 6 nitrogen and oxygen atoms in total. The molecule has 1 fully saturated rings. The van der Waals surface area contributed by atoms with Gasteiger partial charge < -0.3 is 9.47 Å². The first-order chi connectivity index (χ1) is 14.8. The van der Waals surface area contributed by atoms with E-state index in [1.54, 1.807) is 25.1 Å². The Balaban J connectivity index is 1.82. The van der Waals surface area contributed by atoms with E-state index in [1.807, 2.05) is 0 Å². The van der Waals surface area contributed by atoms with Crippen LogP contribution in [0, 0.1) is 5.82 Å². The number of imide groups is 1. The summed E-state index contributed by atoms with van der Waals surface area (Å²) in [4.78, 5) is 38.0. The molecule has 31 heavy (non-hydrogen) atoms. The highest BCUT2D eigenvalue weighted by Gasteiger charge is 2.35. The van der Waals surface area contributed by atoms with Gasteiger partial charge in [0.05, 0.1) is 18.1 Å². The molecular formula is C21H16BrClFNO5S. The molecule has 1 aliphatic rings. The van der Waals surface area contributed by atoms with Crippen LogP contribution in [0.2, 0.25) is 5.02 Å². The molecule has 162 valence electrons. The fourth-order valence-corrected chi connectivity index (χ4v) is 4.14. The zero-order chi connectivity index (χ0) is 22.5. The number of carbonyl (C=O) groups excluding carboxylic acids is 3. The van der Waals surface area contributed by atoms with Gasteiger partial charge in [-0.25, -0.2) is 9.18 Å². The van der Waals surface area contributed by atoms with Crippen LogP contribution in [-0.4, -0.2) is 35.2 Å². The summed E-state index contributed by atoms with van der Waals surface area (Å²) in [7, 11) is 0. The first-order valence-electron chi connectivity index (χ1n) is 9.05. The number of hydrogen-bond acceptors (Lipinski definition) is 6. The molecule has 0 atom stereocenters. The lowest BCUT2D eigenvalue weighted by Gasteiger charge is -2.13. The van der Waals surface area contributed by atoms with Crippen molar-refractivity contribution >= 4 is 62.5 Å². The first-order valence-corrected chi connectivity index (χ1v) is 11.0. The maximum absolute atomic E-state index is 13.3. The molecule has 0 aromatic heterocycles. The van der Waals surface area contributed by atoms with Gasteiger partial charge >= 0.3 is 5.97 Å². The molecule has 0 bridgehead atoms. The summed E-state index contributed by atoms with van der Waals surface area (Å²) in [6.07, 6.45) is 1.52. The summed E-state index contributed by atoms with van der Waals surface area (Å²) in [6.45, 7) is 1.56. The molecule has 0 aliphatic carbocycles. The van der Waals surface area contributed by atoms with Crippen molar-refractivity contribution in [2.75, 3.05) is 13.2 Å². The third-order valence-electron chi connectivity index (χ3n) is 4.13. The van der Waals surface area contributed by atoms with Gasteiger partial charge in [0, 0.05) is 15.1 Å². The number of amides is 2. The van der Waals surface area contributed by atoms with Crippen molar-refractivity contribution in [1.82, 2.24) is 4.90 Å². The predicted octanol–water partition coefficient (Wildman–Crippen LogP) is 5.42. The van der Waals surface area contributed by atoms with Crippen molar-refractivity contribution in [1.29, 1.82) is 0 Å². The first kappa shape index (κ1) is 23.3. The number of esters is 1. The highest BCUT2D eigenvalue weighted by atomic mass is 79.9. The fraction of sp³-hybridized carbons (Fsp3) is 0.190. The molecule has 1 heterocycles. The number of ether oxygens (including phenoxy) is 2. The van der Waals surface area contributed by atoms with Crippen LogP contribution in [0.15, 0.2) is 45.8 Å². The molecule has 3 rings (SSSR count). The largest absolute Gasteiger partial charge is 0.481 e. The van der Waals surface area contributed by atoms with E-state index in [0.717, 1.165) is 27.2 Å². The third-order valence-corrected chi connectivity index (χ3v) is 5.88. The summed E-state index contributed by atoms with van der Waals surface area (Å²) >= 11 is 10.1. The highest BCUT2D eigenvalue weighted by molar-refractivity contribution is 9.10. The quantitative estimate of drug-likeness (QED) is 0.353. The number of halogens is 3. The summed E-state index contributed by atoms with van der Waals surface area (Å²) < 4.78 is 24.3. The monoisotopic (exact) mass is 527 g/mol. The number of rotatable bonds is 7. The summed E-state index contributed by atoms with van der Waals surface area (Å²) in [6, 6.07) is 8.83. The Labute approximate surface area is 195 Å². The second kappa shape index (κ2) is 10.3. The van der Waals surface area contributed by atoms with Gasteiger partial charge in [0.2, 0.25) is 0 Å². The van der Waals surface area contributed by atoms with E-state index in [4.69, 9.17) is 21.1 Å². The smallest absolute Gasteiger partial charge is 0.344 e. The molecule has 2 amide bonds. The van der Waals surface area contributed by atoms with Crippen LogP contribution in [0.3, 0.4) is 0 Å². The van der Waals surface area contributed by atoms with Gasteiger partial charge in [-0.3, -0.25) is 14.5 Å². The van der Waals surface area contributed by atoms with Crippen molar-refractivity contribution < 1.29 is 28.2 Å². The lowest BCUT2D eigenvalue weighted by atomic mass is 10.1. The summed E-state index contributed by atoms with van der Waals surface area (Å²) in [5.41, 5.74) is 0.955. The molecule has 0 radical (unpaired) electrons. The van der Waals surface area contributed by atoms with E-state index < -0.39 is 22.9 Å². The lowest BCUT2D eigenvalue weighted by Crippen LogP contribution is -2.27. The second-order valence-corrected chi connectivity index (χ2v) is 8.60. The van der Waals surface area contributed by atoms with Crippen LogP contribution in [0.1, 0.15) is 18.1 Å². The molecule has 10 heteroatoms. The Morgan fingerprint density at radius 2 is 2.03 bits per heavy atom. The van der Waals surface area contributed by atoms with Gasteiger partial charge in [-0.15, -0.1) is 0 Å². The van der Waals surface area contributed by atoms with Crippen molar-refractivity contribution in [2.45, 2.75) is 13.5 Å². The summed E-state index contributed by atoms with van der Waals surface area (Å²) in [5, 5.41) is -0.342. The number of thioether (sulfide) groups is 1. The van der Waals surface area contributed by atoms with Gasteiger partial charge in [-0.05, 0) is 60.7 Å². The van der Waals surface area contributed by atoms with Crippen LogP contribution < -0.4 is 4.74 Å². The Bertz CT molecular complexity index is 1080. The molecule has 2 aromatic carbocycles. The summed E-state index contributed by atoms with van der Waals surface area (Å²) in [5.74, 6) is -1.18. The average Bonchev–Trinajstić information content (AvgIpc) is 2.97. The number of benzene rings is 2. The van der Waals surface area contributed by atoms with Crippen LogP contribution >= 0.6 is 39.3 Å². The third kappa shape index (κ3) is 5.87. The number of carbonyl (C=O) groups is 3. The highest BCUT2D eigenvalue weighted by Crippen LogP contribution is 2.36. The van der Waals surface area contributed by atoms with Crippen molar-refractivity contribution in [3.05, 3.63) is 67.7 Å². The normalized spacial score (nSPS) is 15.0. The zero-order valence-corrected chi connectivity index (χ0v) is 19.4. The topological polar surface area (TPSA) is 72.9 Å². The Morgan fingerprint density at radius 1 is 1.26 bits per heavy atom. The van der Waals surface area contributed by atoms with E-state index >= 15 is 0 Å². The van der Waals surface area contributed by atoms with E-state index in [1.165, 1.54) is 18.2 Å². The Kier molecular flexibility index (Phi) is 7.74. The van der Waals surface area contributed by atoms with Gasteiger partial charge in [0.15, 0.2) is 6.61 Å². The molecule has 0 saturated carbocycles. The zero-order valence-electron chi connectivity index (χ0n) is 16.2. The van der Waals surface area contributed by atoms with Crippen LogP contribution in [0.25, 0.3) is 6.08 Å². The second-order valence-electron chi connectivity index (χ2n) is 6.28. The van der Waals surface area contributed by atoms with Crippen molar-refractivity contribution in [3.63, 3.8) is 0 Å². The average molecular weight is 529 g/mol. The van der Waals surface area contributed by atoms with Gasteiger partial charge in [-0.1, -0.05) is 33.6 Å². The van der Waals surface area contributed by atoms with Gasteiger partial charge in [-0.2, -0.15) is 0 Å². The maximum atomic E-state index is 13.3. The molecule has 1 aliphatic heterocycles. The van der Waals surface area contributed by atoms with Crippen molar-refractivity contribution in [3.8, 4) is 5.75 Å². The van der Waals surface area contributed by atoms with E-state index in [0.29, 0.717) is 16.9 Å². The predicted molar refractivity (Wildman–Crippen MR) is 119 cm³/mol. The minimum Gasteiger partial charge on any atom is -0.481 e. The van der Waals surface area contributed by atoms with Gasteiger partial charge in [0.25, 0.3) is 11.1 Å². The van der Waals surface area contributed by atoms with Crippen LogP contribution in [0.5, 0.6) is 5.75 Å². The SMILES string of the molecule is CCOC(=O)COc1ccc(Br)cc1/C=C1/SC(=O)N(Cc2ccc(F)cc2Cl)C1=O. The maximum Gasteiger partial charge on any atom is 0.344 e. The Hall–Kier alpha value is -2.36. The van der Waals surface area contributed by atoms with E-state index in [-0.39, 0.29) is 29.7 Å². The molecule has 0 spiro atoms.